The molecule has 1 N–H and O–H groups in total. The van der Waals surface area contributed by atoms with E-state index in [1.165, 1.54) is 5.56 Å². The van der Waals surface area contributed by atoms with Crippen molar-refractivity contribution in [3.8, 4) is 23.0 Å². The Labute approximate surface area is 162 Å². The fraction of sp³-hybridized carbons (Fsp3) is 0.136. The molecule has 140 valence electrons. The first kappa shape index (κ1) is 17.7. The molecule has 0 aliphatic rings. The summed E-state index contributed by atoms with van der Waals surface area (Å²) >= 11 is 0. The molecule has 0 fully saturated rings. The minimum atomic E-state index is -0.121. The zero-order chi connectivity index (χ0) is 19.3. The number of nitrogens with one attached hydrogen (secondary N) is 1. The van der Waals surface area contributed by atoms with E-state index >= 15 is 0 Å². The van der Waals surface area contributed by atoms with E-state index in [2.05, 4.69) is 22.4 Å². The van der Waals surface area contributed by atoms with Gasteiger partial charge in [-0.2, -0.15) is 4.98 Å². The molecule has 6 nitrogen and oxygen atoms in total. The lowest BCUT2D eigenvalue weighted by atomic mass is 10.1. The van der Waals surface area contributed by atoms with Crippen LogP contribution in [0, 0.1) is 0 Å². The Morgan fingerprint density at radius 3 is 2.57 bits per heavy atom. The largest absolute Gasteiger partial charge is 0.334 e. The number of nitrogens with zero attached hydrogens (tertiary/aromatic N) is 3. The lowest BCUT2D eigenvalue weighted by Gasteiger charge is -2.08. The van der Waals surface area contributed by atoms with Crippen molar-refractivity contribution in [3.05, 3.63) is 78.5 Å². The summed E-state index contributed by atoms with van der Waals surface area (Å²) in [6, 6.07) is 21.2. The molecule has 0 saturated heterocycles. The molecule has 2 aromatic carbocycles. The van der Waals surface area contributed by atoms with Crippen LogP contribution in [0.3, 0.4) is 0 Å². The van der Waals surface area contributed by atoms with Crippen molar-refractivity contribution in [3.63, 3.8) is 0 Å². The van der Waals surface area contributed by atoms with E-state index in [0.717, 1.165) is 17.7 Å². The van der Waals surface area contributed by atoms with Crippen LogP contribution in [-0.4, -0.2) is 20.6 Å². The van der Waals surface area contributed by atoms with Crippen LogP contribution in [0.25, 0.3) is 23.0 Å². The number of hydrogen-bond donors (Lipinski definition) is 1. The van der Waals surface area contributed by atoms with Crippen LogP contribution in [0.2, 0.25) is 0 Å². The van der Waals surface area contributed by atoms with Crippen molar-refractivity contribution in [1.82, 2.24) is 14.7 Å². The van der Waals surface area contributed by atoms with Crippen molar-refractivity contribution in [2.24, 2.45) is 0 Å². The second-order valence-corrected chi connectivity index (χ2v) is 6.41. The van der Waals surface area contributed by atoms with Crippen molar-refractivity contribution in [1.29, 1.82) is 0 Å². The number of carbonyl (C=O) groups excluding carboxylic acids is 1. The second-order valence-electron chi connectivity index (χ2n) is 6.41. The molecule has 2 heterocycles. The van der Waals surface area contributed by atoms with E-state index in [9.17, 15) is 4.79 Å². The van der Waals surface area contributed by atoms with Crippen molar-refractivity contribution in [2.45, 2.75) is 19.9 Å². The summed E-state index contributed by atoms with van der Waals surface area (Å²) in [5.74, 6) is 0.775. The van der Waals surface area contributed by atoms with Crippen LogP contribution >= 0.6 is 0 Å². The Morgan fingerprint density at radius 1 is 1.04 bits per heavy atom. The standard InChI is InChI=1S/C22H20N4O2/c1-2-16-10-12-18(13-11-16)23-20(27)15-26-14-6-9-19(26)22-24-21(25-28-22)17-7-4-3-5-8-17/h3-14H,2,15H2,1H3,(H,23,27). The third kappa shape index (κ3) is 3.86. The molecule has 28 heavy (non-hydrogen) atoms. The maximum absolute atomic E-state index is 12.4. The SMILES string of the molecule is CCc1ccc(NC(=O)Cn2cccc2-c2nc(-c3ccccc3)no2)cc1. The summed E-state index contributed by atoms with van der Waals surface area (Å²) in [7, 11) is 0. The Kier molecular flexibility index (Phi) is 5.01. The number of rotatable bonds is 6. The predicted molar refractivity (Wildman–Crippen MR) is 108 cm³/mol. The van der Waals surface area contributed by atoms with Gasteiger partial charge in [-0.1, -0.05) is 54.5 Å². The van der Waals surface area contributed by atoms with E-state index in [1.54, 1.807) is 4.57 Å². The third-order valence-electron chi connectivity index (χ3n) is 4.47. The summed E-state index contributed by atoms with van der Waals surface area (Å²) in [5, 5.41) is 6.96. The first-order valence-electron chi connectivity index (χ1n) is 9.16. The predicted octanol–water partition coefficient (Wildman–Crippen LogP) is 4.41. The molecule has 0 radical (unpaired) electrons. The smallest absolute Gasteiger partial charge is 0.274 e. The zero-order valence-electron chi connectivity index (χ0n) is 15.5. The van der Waals surface area contributed by atoms with Gasteiger partial charge in [0.15, 0.2) is 0 Å². The molecule has 4 rings (SSSR count). The van der Waals surface area contributed by atoms with Gasteiger partial charge in [-0.15, -0.1) is 0 Å². The molecular formula is C22H20N4O2. The minimum Gasteiger partial charge on any atom is -0.334 e. The van der Waals surface area contributed by atoms with Crippen molar-refractivity contribution < 1.29 is 9.32 Å². The molecule has 4 aromatic rings. The van der Waals surface area contributed by atoms with E-state index in [4.69, 9.17) is 4.52 Å². The van der Waals surface area contributed by atoms with E-state index in [0.29, 0.717) is 17.4 Å². The van der Waals surface area contributed by atoms with Gasteiger partial charge < -0.3 is 14.4 Å². The molecule has 2 aromatic heterocycles. The first-order valence-corrected chi connectivity index (χ1v) is 9.16. The number of aryl methyl sites for hydroxylation is 1. The first-order chi connectivity index (χ1) is 13.7. The van der Waals surface area contributed by atoms with Gasteiger partial charge in [-0.25, -0.2) is 0 Å². The Hall–Kier alpha value is -3.67. The highest BCUT2D eigenvalue weighted by molar-refractivity contribution is 5.90. The van der Waals surface area contributed by atoms with Gasteiger partial charge >= 0.3 is 0 Å². The van der Waals surface area contributed by atoms with E-state index < -0.39 is 0 Å². The number of carbonyl (C=O) groups is 1. The molecule has 0 saturated carbocycles. The van der Waals surface area contributed by atoms with Crippen molar-refractivity contribution >= 4 is 11.6 Å². The van der Waals surface area contributed by atoms with Gasteiger partial charge in [0, 0.05) is 17.4 Å². The third-order valence-corrected chi connectivity index (χ3v) is 4.47. The maximum Gasteiger partial charge on any atom is 0.274 e. The monoisotopic (exact) mass is 372 g/mol. The summed E-state index contributed by atoms with van der Waals surface area (Å²) in [5.41, 5.74) is 3.59. The lowest BCUT2D eigenvalue weighted by Crippen LogP contribution is -2.18. The summed E-state index contributed by atoms with van der Waals surface area (Å²) in [6.45, 7) is 2.25. The average molecular weight is 372 g/mol. The maximum atomic E-state index is 12.4. The number of aromatic nitrogens is 3. The van der Waals surface area contributed by atoms with Crippen LogP contribution in [-0.2, 0) is 17.8 Å². The molecular weight excluding hydrogens is 352 g/mol. The van der Waals surface area contributed by atoms with Crippen LogP contribution in [0.4, 0.5) is 5.69 Å². The highest BCUT2D eigenvalue weighted by Crippen LogP contribution is 2.22. The fourth-order valence-electron chi connectivity index (χ4n) is 2.96. The summed E-state index contributed by atoms with van der Waals surface area (Å²) in [4.78, 5) is 16.9. The molecule has 0 bridgehead atoms. The number of anilines is 1. The lowest BCUT2D eigenvalue weighted by molar-refractivity contribution is -0.116. The molecule has 1 amide bonds. The number of amides is 1. The normalized spacial score (nSPS) is 10.8. The molecule has 0 aliphatic carbocycles. The fourth-order valence-corrected chi connectivity index (χ4v) is 2.96. The average Bonchev–Trinajstić information content (AvgIpc) is 3.38. The van der Waals surface area contributed by atoms with Crippen LogP contribution in [0.15, 0.2) is 77.4 Å². The highest BCUT2D eigenvalue weighted by atomic mass is 16.5. The second kappa shape index (κ2) is 7.92. The molecule has 6 heteroatoms. The van der Waals surface area contributed by atoms with Gasteiger partial charge in [0.2, 0.25) is 11.7 Å². The number of benzene rings is 2. The van der Waals surface area contributed by atoms with Gasteiger partial charge in [0.1, 0.15) is 12.2 Å². The molecule has 0 aliphatic heterocycles. The Morgan fingerprint density at radius 2 is 1.82 bits per heavy atom. The number of hydrogen-bond acceptors (Lipinski definition) is 4. The minimum absolute atomic E-state index is 0.121. The summed E-state index contributed by atoms with van der Waals surface area (Å²) in [6.07, 6.45) is 2.79. The zero-order valence-corrected chi connectivity index (χ0v) is 15.5. The van der Waals surface area contributed by atoms with Crippen molar-refractivity contribution in [2.75, 3.05) is 5.32 Å². The topological polar surface area (TPSA) is 73.0 Å². The Bertz CT molecular complexity index is 1070. The van der Waals surface area contributed by atoms with Crippen LogP contribution in [0.1, 0.15) is 12.5 Å². The molecule has 0 atom stereocenters. The van der Waals surface area contributed by atoms with Gasteiger partial charge in [0.25, 0.3) is 5.89 Å². The Balaban J connectivity index is 1.48. The quantitative estimate of drug-likeness (QED) is 0.544. The van der Waals surface area contributed by atoms with Crippen LogP contribution < -0.4 is 5.32 Å². The molecule has 0 unspecified atom stereocenters. The van der Waals surface area contributed by atoms with E-state index in [-0.39, 0.29) is 12.5 Å². The van der Waals surface area contributed by atoms with Gasteiger partial charge in [-0.3, -0.25) is 4.79 Å². The summed E-state index contributed by atoms with van der Waals surface area (Å²) < 4.78 is 7.21. The highest BCUT2D eigenvalue weighted by Gasteiger charge is 2.15. The molecule has 0 spiro atoms. The van der Waals surface area contributed by atoms with Gasteiger partial charge in [-0.05, 0) is 36.2 Å². The van der Waals surface area contributed by atoms with Crippen LogP contribution in [0.5, 0.6) is 0 Å². The van der Waals surface area contributed by atoms with E-state index in [1.807, 2.05) is 72.9 Å². The van der Waals surface area contributed by atoms with Gasteiger partial charge in [0.05, 0.1) is 0 Å².